The second-order valence-corrected chi connectivity index (χ2v) is 5.16. The first-order valence-corrected chi connectivity index (χ1v) is 6.43. The Bertz CT molecular complexity index is 543. The summed E-state index contributed by atoms with van der Waals surface area (Å²) in [6.45, 7) is 1.94. The van der Waals surface area contributed by atoms with Crippen molar-refractivity contribution in [2.45, 2.75) is 19.4 Å². The van der Waals surface area contributed by atoms with Gasteiger partial charge < -0.3 is 5.73 Å². The lowest BCUT2D eigenvalue weighted by molar-refractivity contribution is 0.615. The Morgan fingerprint density at radius 3 is 2.44 bits per heavy atom. The van der Waals surface area contributed by atoms with E-state index >= 15 is 0 Å². The van der Waals surface area contributed by atoms with E-state index < -0.39 is 0 Å². The van der Waals surface area contributed by atoms with Crippen molar-refractivity contribution in [2.75, 3.05) is 0 Å². The molecule has 0 saturated carbocycles. The fraction of sp³-hybridized carbons (Fsp3) is 0.308. The summed E-state index contributed by atoms with van der Waals surface area (Å²) in [6.07, 6.45) is 0.595. The molecule has 0 spiro atoms. The third-order valence-corrected chi connectivity index (χ3v) is 3.61. The average molecular weight is 284 g/mol. The van der Waals surface area contributed by atoms with E-state index in [1.807, 2.05) is 38.2 Å². The van der Waals surface area contributed by atoms with E-state index in [4.69, 9.17) is 28.9 Å². The molecule has 96 valence electrons. The predicted octanol–water partition coefficient (Wildman–Crippen LogP) is 3.28. The molecule has 0 amide bonds. The van der Waals surface area contributed by atoms with Gasteiger partial charge in [-0.2, -0.15) is 5.10 Å². The predicted molar refractivity (Wildman–Crippen MR) is 75.0 cm³/mol. The van der Waals surface area contributed by atoms with Crippen molar-refractivity contribution in [2.24, 2.45) is 12.8 Å². The van der Waals surface area contributed by atoms with Crippen molar-refractivity contribution >= 4 is 23.2 Å². The summed E-state index contributed by atoms with van der Waals surface area (Å²) in [5, 5.41) is 5.59. The van der Waals surface area contributed by atoms with Gasteiger partial charge >= 0.3 is 0 Å². The van der Waals surface area contributed by atoms with Gasteiger partial charge in [-0.15, -0.1) is 0 Å². The molecule has 2 aromatic rings. The number of nitrogens with two attached hydrogens (primary N) is 1. The Morgan fingerprint density at radius 2 is 1.94 bits per heavy atom. The fourth-order valence-electron chi connectivity index (χ4n) is 2.03. The number of aryl methyl sites for hydroxylation is 2. The molecule has 0 fully saturated rings. The molecule has 0 bridgehead atoms. The Morgan fingerprint density at radius 1 is 1.33 bits per heavy atom. The van der Waals surface area contributed by atoms with Gasteiger partial charge in [0.15, 0.2) is 0 Å². The summed E-state index contributed by atoms with van der Waals surface area (Å²) in [6, 6.07) is 7.28. The van der Waals surface area contributed by atoms with E-state index in [9.17, 15) is 0 Å². The van der Waals surface area contributed by atoms with Crippen LogP contribution >= 0.6 is 23.2 Å². The van der Waals surface area contributed by atoms with E-state index in [2.05, 4.69) is 5.10 Å². The molecule has 3 nitrogen and oxygen atoms in total. The normalized spacial score (nSPS) is 12.7. The first-order valence-electron chi connectivity index (χ1n) is 5.68. The minimum atomic E-state index is -0.173. The second-order valence-electron chi connectivity index (χ2n) is 4.35. The van der Waals surface area contributed by atoms with Gasteiger partial charge in [-0.05, 0) is 37.1 Å². The molecule has 18 heavy (non-hydrogen) atoms. The van der Waals surface area contributed by atoms with Gasteiger partial charge in [0.25, 0.3) is 0 Å². The van der Waals surface area contributed by atoms with Crippen LogP contribution in [0.15, 0.2) is 24.3 Å². The van der Waals surface area contributed by atoms with Crippen molar-refractivity contribution in [1.82, 2.24) is 9.78 Å². The highest BCUT2D eigenvalue weighted by atomic mass is 35.5. The van der Waals surface area contributed by atoms with Gasteiger partial charge in [0.1, 0.15) is 0 Å². The minimum absolute atomic E-state index is 0.173. The molecule has 1 atom stereocenters. The largest absolute Gasteiger partial charge is 0.322 e. The quantitative estimate of drug-likeness (QED) is 0.940. The number of hydrogen-bond donors (Lipinski definition) is 1. The highest BCUT2D eigenvalue weighted by molar-refractivity contribution is 6.36. The molecule has 1 aromatic heterocycles. The van der Waals surface area contributed by atoms with Crippen LogP contribution in [0.3, 0.4) is 0 Å². The van der Waals surface area contributed by atoms with Crippen molar-refractivity contribution in [3.8, 4) is 0 Å². The molecule has 1 unspecified atom stereocenters. The molecule has 0 aliphatic heterocycles. The molecule has 1 aromatic carbocycles. The molecule has 1 heterocycles. The minimum Gasteiger partial charge on any atom is -0.322 e. The van der Waals surface area contributed by atoms with Gasteiger partial charge in [0, 0.05) is 17.1 Å². The van der Waals surface area contributed by atoms with Gasteiger partial charge in [-0.25, -0.2) is 0 Å². The lowest BCUT2D eigenvalue weighted by atomic mass is 10.0. The zero-order valence-electron chi connectivity index (χ0n) is 10.3. The fourth-order valence-corrected chi connectivity index (χ4v) is 2.58. The zero-order valence-corrected chi connectivity index (χ0v) is 11.8. The Kier molecular flexibility index (Phi) is 3.95. The number of hydrogen-bond acceptors (Lipinski definition) is 2. The number of aromatic nitrogens is 2. The molecule has 0 aliphatic rings. The van der Waals surface area contributed by atoms with Crippen molar-refractivity contribution < 1.29 is 0 Å². The Hall–Kier alpha value is -1.03. The van der Waals surface area contributed by atoms with E-state index in [0.29, 0.717) is 16.5 Å². The van der Waals surface area contributed by atoms with Gasteiger partial charge in [0.05, 0.1) is 17.4 Å². The SMILES string of the molecule is Cc1cc(C(N)Cc2c(Cl)cccc2Cl)n(C)n1. The van der Waals surface area contributed by atoms with Gasteiger partial charge in [-0.1, -0.05) is 29.3 Å². The molecule has 0 aliphatic carbocycles. The summed E-state index contributed by atoms with van der Waals surface area (Å²) < 4.78 is 1.80. The highest BCUT2D eigenvalue weighted by Gasteiger charge is 2.15. The topological polar surface area (TPSA) is 43.8 Å². The number of rotatable bonds is 3. The van der Waals surface area contributed by atoms with Crippen LogP contribution in [-0.2, 0) is 13.5 Å². The summed E-state index contributed by atoms with van der Waals surface area (Å²) in [5.41, 5.74) is 9.01. The number of benzene rings is 1. The molecule has 2 rings (SSSR count). The second kappa shape index (κ2) is 5.31. The third kappa shape index (κ3) is 2.69. The first-order chi connectivity index (χ1) is 8.49. The van der Waals surface area contributed by atoms with Crippen LogP contribution < -0.4 is 5.73 Å². The summed E-state index contributed by atoms with van der Waals surface area (Å²) in [4.78, 5) is 0. The highest BCUT2D eigenvalue weighted by Crippen LogP contribution is 2.28. The molecule has 0 saturated heterocycles. The Labute approximate surface area is 117 Å². The van der Waals surface area contributed by atoms with Crippen molar-refractivity contribution in [1.29, 1.82) is 0 Å². The number of nitrogens with zero attached hydrogens (tertiary/aromatic N) is 2. The van der Waals surface area contributed by atoms with Gasteiger partial charge in [0.2, 0.25) is 0 Å². The molecule has 2 N–H and O–H groups in total. The maximum Gasteiger partial charge on any atom is 0.0597 e. The number of halogens is 2. The van der Waals surface area contributed by atoms with Crippen LogP contribution in [0.2, 0.25) is 10.0 Å². The van der Waals surface area contributed by atoms with Crippen LogP contribution in [0.4, 0.5) is 0 Å². The summed E-state index contributed by atoms with van der Waals surface area (Å²) >= 11 is 12.3. The van der Waals surface area contributed by atoms with E-state index in [1.54, 1.807) is 4.68 Å². The summed E-state index contributed by atoms with van der Waals surface area (Å²) in [5.74, 6) is 0. The van der Waals surface area contributed by atoms with E-state index in [-0.39, 0.29) is 6.04 Å². The zero-order chi connectivity index (χ0) is 13.3. The van der Waals surface area contributed by atoms with Crippen LogP contribution in [0.1, 0.15) is 23.0 Å². The van der Waals surface area contributed by atoms with E-state index in [1.165, 1.54) is 0 Å². The lowest BCUT2D eigenvalue weighted by Gasteiger charge is -2.14. The van der Waals surface area contributed by atoms with Crippen LogP contribution in [0.5, 0.6) is 0 Å². The average Bonchev–Trinajstić information content (AvgIpc) is 2.63. The third-order valence-electron chi connectivity index (χ3n) is 2.90. The Balaban J connectivity index is 2.26. The summed E-state index contributed by atoms with van der Waals surface area (Å²) in [7, 11) is 1.89. The standard InChI is InChI=1S/C13H15Cl2N3/c1-8-6-13(18(2)17-8)12(16)7-9-10(14)4-3-5-11(9)15/h3-6,12H,7,16H2,1-2H3. The van der Waals surface area contributed by atoms with E-state index in [0.717, 1.165) is 17.0 Å². The smallest absolute Gasteiger partial charge is 0.0597 e. The van der Waals surface area contributed by atoms with Crippen molar-refractivity contribution in [3.05, 3.63) is 51.3 Å². The first kappa shape index (κ1) is 13.4. The maximum absolute atomic E-state index is 6.20. The lowest BCUT2D eigenvalue weighted by Crippen LogP contribution is -2.17. The van der Waals surface area contributed by atoms with Crippen LogP contribution in [-0.4, -0.2) is 9.78 Å². The van der Waals surface area contributed by atoms with Gasteiger partial charge in [-0.3, -0.25) is 4.68 Å². The monoisotopic (exact) mass is 283 g/mol. The molecular formula is C13H15Cl2N3. The molecule has 0 radical (unpaired) electrons. The van der Waals surface area contributed by atoms with Crippen LogP contribution in [0.25, 0.3) is 0 Å². The molecular weight excluding hydrogens is 269 g/mol. The maximum atomic E-state index is 6.20. The van der Waals surface area contributed by atoms with Crippen molar-refractivity contribution in [3.63, 3.8) is 0 Å². The van der Waals surface area contributed by atoms with Crippen LogP contribution in [0, 0.1) is 6.92 Å². The molecule has 5 heteroatoms.